The molecule has 2 aromatic carbocycles. The average Bonchev–Trinajstić information content (AvgIpc) is 2.66. The molecule has 0 radical (unpaired) electrons. The molecule has 0 unspecified atom stereocenters. The average molecular weight is 238 g/mol. The van der Waals surface area contributed by atoms with Crippen LogP contribution < -0.4 is 11.5 Å². The van der Waals surface area contributed by atoms with Gasteiger partial charge in [-0.1, -0.05) is 42.5 Å². The van der Waals surface area contributed by atoms with Crippen molar-refractivity contribution in [1.82, 2.24) is 9.24 Å². The minimum atomic E-state index is 0.306. The largest absolute Gasteiger partial charge is 0.336 e. The van der Waals surface area contributed by atoms with Gasteiger partial charge >= 0.3 is 0 Å². The molecule has 0 aliphatic heterocycles. The van der Waals surface area contributed by atoms with Gasteiger partial charge in [0.15, 0.2) is 0 Å². The van der Waals surface area contributed by atoms with Crippen LogP contribution in [0, 0.1) is 5.41 Å². The molecular weight excluding hydrogens is 224 g/mol. The highest BCUT2D eigenvalue weighted by atomic mass is 15.4. The molecule has 0 spiro atoms. The Balaban J connectivity index is 2.18. The summed E-state index contributed by atoms with van der Waals surface area (Å²) in [6, 6.07) is 17.9. The number of aromatic nitrogens is 2. The summed E-state index contributed by atoms with van der Waals surface area (Å²) in [4.78, 5) is 0. The van der Waals surface area contributed by atoms with E-state index in [0.717, 1.165) is 16.6 Å². The number of benzene rings is 2. The lowest BCUT2D eigenvalue weighted by atomic mass is 10.2. The van der Waals surface area contributed by atoms with Crippen LogP contribution in [-0.2, 0) is 6.54 Å². The van der Waals surface area contributed by atoms with Crippen LogP contribution in [0.15, 0.2) is 54.6 Å². The number of imidazole rings is 1. The highest BCUT2D eigenvalue weighted by Gasteiger charge is 2.08. The number of para-hydroxylation sites is 2. The van der Waals surface area contributed by atoms with Crippen molar-refractivity contribution in [1.29, 1.82) is 5.41 Å². The third-order valence-electron chi connectivity index (χ3n) is 3.10. The molecule has 3 rings (SSSR count). The van der Waals surface area contributed by atoms with Crippen molar-refractivity contribution in [3.63, 3.8) is 0 Å². The number of nitrogens with one attached hydrogen (secondary N) is 1. The molecule has 3 aromatic rings. The van der Waals surface area contributed by atoms with Crippen molar-refractivity contribution in [2.24, 2.45) is 0 Å². The van der Waals surface area contributed by atoms with Crippen LogP contribution in [-0.4, -0.2) is 9.24 Å². The SMILES string of the molecule is N=c1n(N)c2ccccc2n1Cc1ccccc1. The van der Waals surface area contributed by atoms with Crippen LogP contribution >= 0.6 is 0 Å². The lowest BCUT2D eigenvalue weighted by Gasteiger charge is -2.04. The molecule has 0 saturated heterocycles. The summed E-state index contributed by atoms with van der Waals surface area (Å²) in [5.74, 6) is 5.90. The van der Waals surface area contributed by atoms with Crippen LogP contribution in [0.4, 0.5) is 0 Å². The fraction of sp³-hybridized carbons (Fsp3) is 0.0714. The van der Waals surface area contributed by atoms with E-state index in [0.29, 0.717) is 12.2 Å². The zero-order chi connectivity index (χ0) is 12.5. The van der Waals surface area contributed by atoms with Gasteiger partial charge in [0.25, 0.3) is 0 Å². The molecule has 4 nitrogen and oxygen atoms in total. The molecule has 18 heavy (non-hydrogen) atoms. The number of hydrogen-bond donors (Lipinski definition) is 2. The molecule has 0 atom stereocenters. The number of hydrogen-bond acceptors (Lipinski definition) is 2. The summed E-state index contributed by atoms with van der Waals surface area (Å²) in [6.07, 6.45) is 0. The number of nitrogen functional groups attached to an aromatic ring is 1. The maximum absolute atomic E-state index is 8.07. The predicted octanol–water partition coefficient (Wildman–Crippen LogP) is 1.68. The molecule has 0 aliphatic carbocycles. The standard InChI is InChI=1S/C14H14N4/c15-14-17(10-11-6-2-1-3-7-11)12-8-4-5-9-13(12)18(14)16/h1-9,15H,10,16H2. The van der Waals surface area contributed by atoms with Crippen molar-refractivity contribution in [2.75, 3.05) is 5.84 Å². The quantitative estimate of drug-likeness (QED) is 0.656. The zero-order valence-corrected chi connectivity index (χ0v) is 9.88. The van der Waals surface area contributed by atoms with E-state index in [4.69, 9.17) is 11.3 Å². The second-order valence-corrected chi connectivity index (χ2v) is 4.25. The molecule has 0 fully saturated rings. The first-order chi connectivity index (χ1) is 8.77. The van der Waals surface area contributed by atoms with Gasteiger partial charge in [-0.3, -0.25) is 5.41 Å². The molecule has 0 saturated carbocycles. The Morgan fingerprint density at radius 1 is 0.889 bits per heavy atom. The van der Waals surface area contributed by atoms with Gasteiger partial charge in [0.2, 0.25) is 5.62 Å². The van der Waals surface area contributed by atoms with E-state index in [1.165, 1.54) is 4.68 Å². The van der Waals surface area contributed by atoms with Crippen molar-refractivity contribution < 1.29 is 0 Å². The van der Waals surface area contributed by atoms with Crippen molar-refractivity contribution in [3.8, 4) is 0 Å². The first kappa shape index (κ1) is 10.7. The zero-order valence-electron chi connectivity index (χ0n) is 9.88. The van der Waals surface area contributed by atoms with Crippen molar-refractivity contribution in [3.05, 3.63) is 65.8 Å². The van der Waals surface area contributed by atoms with Crippen LogP contribution in [0.5, 0.6) is 0 Å². The highest BCUT2D eigenvalue weighted by molar-refractivity contribution is 5.76. The third-order valence-corrected chi connectivity index (χ3v) is 3.10. The second-order valence-electron chi connectivity index (χ2n) is 4.25. The lowest BCUT2D eigenvalue weighted by Crippen LogP contribution is -2.29. The van der Waals surface area contributed by atoms with Gasteiger partial charge in [-0.05, 0) is 17.7 Å². The van der Waals surface area contributed by atoms with E-state index in [-0.39, 0.29) is 0 Å². The summed E-state index contributed by atoms with van der Waals surface area (Å²) in [7, 11) is 0. The van der Waals surface area contributed by atoms with Gasteiger partial charge in [-0.25, -0.2) is 4.68 Å². The molecule has 3 N–H and O–H groups in total. The Labute approximate surface area is 104 Å². The fourth-order valence-corrected chi connectivity index (χ4v) is 2.18. The first-order valence-corrected chi connectivity index (χ1v) is 5.81. The van der Waals surface area contributed by atoms with Gasteiger partial charge in [0.1, 0.15) is 0 Å². The van der Waals surface area contributed by atoms with E-state index >= 15 is 0 Å². The number of fused-ring (bicyclic) bond motifs is 1. The minimum Gasteiger partial charge on any atom is -0.336 e. The van der Waals surface area contributed by atoms with Crippen LogP contribution in [0.3, 0.4) is 0 Å². The van der Waals surface area contributed by atoms with E-state index in [1.54, 1.807) is 0 Å². The second kappa shape index (κ2) is 4.07. The summed E-state index contributed by atoms with van der Waals surface area (Å²) in [6.45, 7) is 0.657. The summed E-state index contributed by atoms with van der Waals surface area (Å²) < 4.78 is 3.32. The minimum absolute atomic E-state index is 0.306. The molecular formula is C14H14N4. The Morgan fingerprint density at radius 2 is 1.50 bits per heavy atom. The van der Waals surface area contributed by atoms with E-state index in [2.05, 4.69) is 12.1 Å². The maximum atomic E-state index is 8.07. The lowest BCUT2D eigenvalue weighted by molar-refractivity contribution is 0.713. The molecule has 1 heterocycles. The van der Waals surface area contributed by atoms with Crippen LogP contribution in [0.1, 0.15) is 5.56 Å². The van der Waals surface area contributed by atoms with E-state index in [1.807, 2.05) is 47.0 Å². The molecule has 0 amide bonds. The fourth-order valence-electron chi connectivity index (χ4n) is 2.18. The monoisotopic (exact) mass is 238 g/mol. The molecule has 90 valence electrons. The highest BCUT2D eigenvalue weighted by Crippen LogP contribution is 2.12. The molecule has 1 aromatic heterocycles. The number of rotatable bonds is 2. The van der Waals surface area contributed by atoms with Gasteiger partial charge in [-0.15, -0.1) is 0 Å². The number of nitrogens with two attached hydrogens (primary N) is 1. The molecule has 4 heteroatoms. The summed E-state index contributed by atoms with van der Waals surface area (Å²) >= 11 is 0. The van der Waals surface area contributed by atoms with Crippen molar-refractivity contribution >= 4 is 11.0 Å². The van der Waals surface area contributed by atoms with E-state index < -0.39 is 0 Å². The predicted molar refractivity (Wildman–Crippen MR) is 71.5 cm³/mol. The third kappa shape index (κ3) is 1.59. The smallest absolute Gasteiger partial charge is 0.222 e. The first-order valence-electron chi connectivity index (χ1n) is 5.81. The summed E-state index contributed by atoms with van der Waals surface area (Å²) in [5.41, 5.74) is 3.32. The van der Waals surface area contributed by atoms with Gasteiger partial charge < -0.3 is 10.4 Å². The van der Waals surface area contributed by atoms with Gasteiger partial charge in [0.05, 0.1) is 17.6 Å². The molecule has 0 bridgehead atoms. The molecule has 0 aliphatic rings. The van der Waals surface area contributed by atoms with Gasteiger partial charge in [-0.2, -0.15) is 0 Å². The Hall–Kier alpha value is -2.49. The normalized spacial score (nSPS) is 10.9. The topological polar surface area (TPSA) is 59.7 Å². The van der Waals surface area contributed by atoms with Gasteiger partial charge in [0, 0.05) is 0 Å². The van der Waals surface area contributed by atoms with Crippen LogP contribution in [0.2, 0.25) is 0 Å². The Kier molecular flexibility index (Phi) is 2.41. The number of nitrogens with zero attached hydrogens (tertiary/aromatic N) is 2. The van der Waals surface area contributed by atoms with Crippen LogP contribution in [0.25, 0.3) is 11.0 Å². The van der Waals surface area contributed by atoms with Crippen molar-refractivity contribution in [2.45, 2.75) is 6.54 Å². The maximum Gasteiger partial charge on any atom is 0.222 e. The Morgan fingerprint density at radius 3 is 2.22 bits per heavy atom. The van der Waals surface area contributed by atoms with E-state index in [9.17, 15) is 0 Å². The Bertz CT molecular complexity index is 737. The summed E-state index contributed by atoms with van der Waals surface area (Å²) in [5, 5.41) is 8.07.